The number of imide groups is 2. The first-order valence-corrected chi connectivity index (χ1v) is 17.3. The van der Waals surface area contributed by atoms with Gasteiger partial charge in [-0.3, -0.25) is 14.9 Å². The fourth-order valence-corrected chi connectivity index (χ4v) is 7.58. The van der Waals surface area contributed by atoms with Crippen LogP contribution >= 0.6 is 11.6 Å². The van der Waals surface area contributed by atoms with E-state index in [4.69, 9.17) is 21.1 Å². The van der Waals surface area contributed by atoms with Gasteiger partial charge in [0, 0.05) is 30.6 Å². The van der Waals surface area contributed by atoms with Gasteiger partial charge in [-0.25, -0.2) is 9.69 Å². The number of anilines is 2. The van der Waals surface area contributed by atoms with Crippen molar-refractivity contribution in [1.29, 1.82) is 0 Å². The second-order valence-corrected chi connectivity index (χ2v) is 12.9. The predicted octanol–water partition coefficient (Wildman–Crippen LogP) is 8.07. The number of hydrogen-bond acceptors (Lipinski definition) is 6. The van der Waals surface area contributed by atoms with Gasteiger partial charge in [-0.2, -0.15) is 0 Å². The molecule has 4 aromatic carbocycles. The Labute approximate surface area is 291 Å². The molecule has 9 heteroatoms. The third-order valence-corrected chi connectivity index (χ3v) is 9.73. The number of nitrogens with one attached hydrogen (secondary N) is 1. The normalized spacial score (nSPS) is 19.5. The maximum Gasteiger partial charge on any atom is 0.335 e. The largest absolute Gasteiger partial charge is 0.490 e. The van der Waals surface area contributed by atoms with E-state index in [1.165, 1.54) is 22.9 Å². The van der Waals surface area contributed by atoms with Crippen LogP contribution in [0.2, 0.25) is 5.02 Å². The Morgan fingerprint density at radius 1 is 0.837 bits per heavy atom. The number of ether oxygens (including phenoxy) is 2. The summed E-state index contributed by atoms with van der Waals surface area (Å²) in [6.45, 7) is 6.49. The lowest BCUT2D eigenvalue weighted by atomic mass is 9.76. The van der Waals surface area contributed by atoms with Crippen molar-refractivity contribution in [2.24, 2.45) is 0 Å². The zero-order valence-corrected chi connectivity index (χ0v) is 28.3. The highest BCUT2D eigenvalue weighted by molar-refractivity contribution is 6.39. The van der Waals surface area contributed by atoms with E-state index in [9.17, 15) is 14.4 Å². The van der Waals surface area contributed by atoms with Crippen molar-refractivity contribution in [1.82, 2.24) is 5.32 Å². The van der Waals surface area contributed by atoms with Crippen molar-refractivity contribution in [2.45, 2.75) is 44.9 Å². The van der Waals surface area contributed by atoms with Gasteiger partial charge < -0.3 is 14.4 Å². The molecule has 3 aliphatic rings. The molecule has 0 radical (unpaired) electrons. The maximum atomic E-state index is 14.3. The van der Waals surface area contributed by atoms with Crippen LogP contribution in [0, 0.1) is 0 Å². The topological polar surface area (TPSA) is 88.2 Å². The number of carbonyl (C=O) groups is 3. The van der Waals surface area contributed by atoms with Gasteiger partial charge >= 0.3 is 6.03 Å². The molecular formula is C40H38ClN3O5. The average Bonchev–Trinajstić information content (AvgIpc) is 3.11. The quantitative estimate of drug-likeness (QED) is 0.143. The first kappa shape index (κ1) is 32.5. The van der Waals surface area contributed by atoms with Crippen LogP contribution in [-0.4, -0.2) is 44.1 Å². The van der Waals surface area contributed by atoms with Crippen molar-refractivity contribution in [3.63, 3.8) is 0 Å². The standard InChI is InChI=1S/C40H38ClN3O5/c1-3-19-49-37-34(41)21-25(22-35(37)48-4-2)20-33-38(45)42-40(47)44(39(33)46)28-23-31-29(26-11-7-5-8-12-26)15-17-43-18-16-30(32(24-28)36(31)43)27-13-9-6-10-14-27/h5-14,20-24,29-30H,3-4,15-19H2,1-2H3,(H,42,45,47)/b33-20+/t29-,30-/m0/s1. The van der Waals surface area contributed by atoms with Gasteiger partial charge in [-0.05, 0) is 84.3 Å². The first-order valence-electron chi connectivity index (χ1n) is 16.9. The molecule has 0 unspecified atom stereocenters. The summed E-state index contributed by atoms with van der Waals surface area (Å²) in [5, 5.41) is 2.70. The number of carbonyl (C=O) groups excluding carboxylic acids is 3. The first-order chi connectivity index (χ1) is 23.9. The average molecular weight is 676 g/mol. The summed E-state index contributed by atoms with van der Waals surface area (Å²) in [4.78, 5) is 44.6. The third-order valence-electron chi connectivity index (χ3n) is 9.45. The van der Waals surface area contributed by atoms with Gasteiger partial charge in [-0.15, -0.1) is 0 Å². The van der Waals surface area contributed by atoms with E-state index in [2.05, 4.69) is 34.5 Å². The highest BCUT2D eigenvalue weighted by Gasteiger charge is 2.40. The summed E-state index contributed by atoms with van der Waals surface area (Å²) < 4.78 is 11.6. The smallest absolute Gasteiger partial charge is 0.335 e. The van der Waals surface area contributed by atoms with Gasteiger partial charge in [0.15, 0.2) is 11.5 Å². The number of rotatable bonds is 9. The van der Waals surface area contributed by atoms with Crippen molar-refractivity contribution in [3.8, 4) is 11.5 Å². The van der Waals surface area contributed by atoms with Gasteiger partial charge in [0.05, 0.1) is 23.9 Å². The number of urea groups is 1. The van der Waals surface area contributed by atoms with Crippen molar-refractivity contribution >= 4 is 46.9 Å². The molecule has 250 valence electrons. The van der Waals surface area contributed by atoms with Gasteiger partial charge in [0.25, 0.3) is 11.8 Å². The number of hydrogen-bond donors (Lipinski definition) is 1. The zero-order valence-electron chi connectivity index (χ0n) is 27.6. The second-order valence-electron chi connectivity index (χ2n) is 12.5. The van der Waals surface area contributed by atoms with E-state index in [1.54, 1.807) is 12.1 Å². The molecule has 0 bridgehead atoms. The summed E-state index contributed by atoms with van der Waals surface area (Å²) in [5.41, 5.74) is 6.39. The number of barbiturate groups is 1. The second kappa shape index (κ2) is 13.8. The highest BCUT2D eigenvalue weighted by atomic mass is 35.5. The number of amides is 4. The molecule has 1 N–H and O–H groups in total. The Kier molecular flexibility index (Phi) is 9.15. The Bertz CT molecular complexity index is 1870. The third kappa shape index (κ3) is 6.17. The molecule has 0 aromatic heterocycles. The van der Waals surface area contributed by atoms with E-state index in [0.29, 0.717) is 41.0 Å². The van der Waals surface area contributed by atoms with E-state index < -0.39 is 17.8 Å². The molecule has 0 saturated carbocycles. The van der Waals surface area contributed by atoms with Crippen LogP contribution in [0.25, 0.3) is 6.08 Å². The van der Waals surface area contributed by atoms with Crippen molar-refractivity contribution in [3.05, 3.63) is 123 Å². The minimum absolute atomic E-state index is 0.0767. The number of benzene rings is 4. The fraction of sp³-hybridized carbons (Fsp3) is 0.275. The highest BCUT2D eigenvalue weighted by Crippen LogP contribution is 2.50. The van der Waals surface area contributed by atoms with Crippen molar-refractivity contribution in [2.75, 3.05) is 36.1 Å². The molecule has 0 spiro atoms. The van der Waals surface area contributed by atoms with E-state index in [1.807, 2.05) is 62.4 Å². The van der Waals surface area contributed by atoms with Crippen LogP contribution in [0.5, 0.6) is 11.5 Å². The molecule has 7 rings (SSSR count). The van der Waals surface area contributed by atoms with Crippen molar-refractivity contribution < 1.29 is 23.9 Å². The molecule has 8 nitrogen and oxygen atoms in total. The van der Waals surface area contributed by atoms with E-state index >= 15 is 0 Å². The van der Waals surface area contributed by atoms with E-state index in [-0.39, 0.29) is 17.4 Å². The molecule has 3 heterocycles. The number of nitrogens with zero attached hydrogens (tertiary/aromatic N) is 2. The molecule has 49 heavy (non-hydrogen) atoms. The predicted molar refractivity (Wildman–Crippen MR) is 192 cm³/mol. The fourth-order valence-electron chi connectivity index (χ4n) is 7.31. The van der Waals surface area contributed by atoms with Crippen LogP contribution in [-0.2, 0) is 9.59 Å². The maximum absolute atomic E-state index is 14.3. The summed E-state index contributed by atoms with van der Waals surface area (Å²) in [6, 6.07) is 27.2. The summed E-state index contributed by atoms with van der Waals surface area (Å²) >= 11 is 6.60. The molecular weight excluding hydrogens is 638 g/mol. The molecule has 1 fully saturated rings. The minimum Gasteiger partial charge on any atom is -0.490 e. The Balaban J connectivity index is 1.34. The van der Waals surface area contributed by atoms with Gasteiger partial charge in [0.1, 0.15) is 5.57 Å². The molecule has 4 amide bonds. The summed E-state index contributed by atoms with van der Waals surface area (Å²) in [5.74, 6) is -0.523. The molecule has 1 saturated heterocycles. The van der Waals surface area contributed by atoms with E-state index in [0.717, 1.165) is 48.4 Å². The van der Waals surface area contributed by atoms with Crippen LogP contribution in [0.4, 0.5) is 16.2 Å². The molecule has 4 aromatic rings. The van der Waals surface area contributed by atoms with Gasteiger partial charge in [-0.1, -0.05) is 79.2 Å². The van der Waals surface area contributed by atoms with Crippen LogP contribution in [0.1, 0.15) is 72.8 Å². The van der Waals surface area contributed by atoms with Crippen LogP contribution in [0.15, 0.2) is 90.5 Å². The lowest BCUT2D eigenvalue weighted by molar-refractivity contribution is -0.122. The Hall–Kier alpha value is -5.08. The Morgan fingerprint density at radius 3 is 2.02 bits per heavy atom. The SMILES string of the molecule is CCCOc1c(Cl)cc(/C=C2\C(=O)NC(=O)N(c3cc4c5c(c3)[C@H](c3ccccc3)CCN5CC[C@H]4c3ccccc3)C2=O)cc1OCC. The van der Waals surface area contributed by atoms with Crippen LogP contribution < -0.4 is 24.6 Å². The zero-order chi connectivity index (χ0) is 34.1. The van der Waals surface area contributed by atoms with Gasteiger partial charge in [0.2, 0.25) is 0 Å². The summed E-state index contributed by atoms with van der Waals surface area (Å²) in [6.07, 6.45) is 4.03. The lowest BCUT2D eigenvalue weighted by Gasteiger charge is -2.44. The molecule has 3 aliphatic heterocycles. The lowest BCUT2D eigenvalue weighted by Crippen LogP contribution is -2.54. The summed E-state index contributed by atoms with van der Waals surface area (Å²) in [7, 11) is 0. The molecule has 0 aliphatic carbocycles. The van der Waals surface area contributed by atoms with Crippen LogP contribution in [0.3, 0.4) is 0 Å². The monoisotopic (exact) mass is 675 g/mol. The molecule has 2 atom stereocenters. The minimum atomic E-state index is -0.786. The Morgan fingerprint density at radius 2 is 1.45 bits per heavy atom. The number of halogens is 1.